The first-order chi connectivity index (χ1) is 15.5. The van der Waals surface area contributed by atoms with Crippen LogP contribution in [0.5, 0.6) is 0 Å². The average molecular weight is 514 g/mol. The van der Waals surface area contributed by atoms with Gasteiger partial charge >= 0.3 is 12.1 Å². The molecule has 34 heavy (non-hydrogen) atoms. The number of hydrogen-bond donors (Lipinski definition) is 2. The van der Waals surface area contributed by atoms with Crippen LogP contribution in [0.25, 0.3) is 0 Å². The van der Waals surface area contributed by atoms with Gasteiger partial charge in [0.1, 0.15) is 0 Å². The van der Waals surface area contributed by atoms with E-state index in [1.54, 1.807) is 0 Å². The summed E-state index contributed by atoms with van der Waals surface area (Å²) in [6.45, 7) is 2.60. The summed E-state index contributed by atoms with van der Waals surface area (Å²) in [6, 6.07) is 2.93. The molecular weight excluding hydrogens is 489 g/mol. The van der Waals surface area contributed by atoms with Crippen LogP contribution < -0.4 is 11.1 Å². The van der Waals surface area contributed by atoms with Gasteiger partial charge in [-0.05, 0) is 23.3 Å². The molecule has 1 saturated heterocycles. The van der Waals surface area contributed by atoms with Crippen LogP contribution in [0, 0.1) is 5.41 Å². The Labute approximate surface area is 197 Å². The van der Waals surface area contributed by atoms with Crippen LogP contribution in [0.15, 0.2) is 18.2 Å². The molecule has 2 atom stereocenters. The number of rotatable bonds is 6. The van der Waals surface area contributed by atoms with Crippen molar-refractivity contribution in [2.75, 3.05) is 6.54 Å². The molecule has 1 fully saturated rings. The molecule has 7 nitrogen and oxygen atoms in total. The van der Waals surface area contributed by atoms with Crippen molar-refractivity contribution in [1.82, 2.24) is 10.2 Å². The van der Waals surface area contributed by atoms with Crippen LogP contribution in [0.3, 0.4) is 0 Å². The molecule has 0 bridgehead atoms. The second-order valence-electron chi connectivity index (χ2n) is 9.02. The van der Waals surface area contributed by atoms with Crippen molar-refractivity contribution in [3.05, 3.63) is 34.3 Å². The molecule has 0 unspecified atom stereocenters. The monoisotopic (exact) mass is 513 g/mol. The third-order valence-electron chi connectivity index (χ3n) is 5.12. The number of carbonyl (C=O) groups excluding carboxylic acids is 3. The maximum Gasteiger partial charge on any atom is 0.490 e. The normalized spacial score (nSPS) is 18.9. The molecule has 0 saturated carbocycles. The van der Waals surface area contributed by atoms with E-state index in [2.05, 4.69) is 10.1 Å². The second kappa shape index (κ2) is 10.1. The standard InChI is InChI=1S/C21H25ClF5N3O4/c1-19(2,3)15(34-18(33)21(25,26)27)17(32)30(16(31)14-7-20(23,24)10-29-14)9-12-6-13(22)5-4-11(12)8-28/h4-6,14-15,29H,7-10,28H2,1-3H3/t14-,15-/m0/s1. The van der Waals surface area contributed by atoms with Gasteiger partial charge in [0.15, 0.2) is 6.10 Å². The summed E-state index contributed by atoms with van der Waals surface area (Å²) in [5.41, 5.74) is 5.04. The molecule has 3 N–H and O–H groups in total. The number of alkyl halides is 5. The number of nitrogens with two attached hydrogens (primary N) is 1. The Hall–Kier alpha value is -2.31. The van der Waals surface area contributed by atoms with E-state index in [4.69, 9.17) is 17.3 Å². The van der Waals surface area contributed by atoms with Gasteiger partial charge in [0.05, 0.1) is 19.1 Å². The molecule has 1 aliphatic rings. The Bertz CT molecular complexity index is 949. The van der Waals surface area contributed by atoms with Crippen LogP contribution in [0.2, 0.25) is 5.02 Å². The van der Waals surface area contributed by atoms with Crippen molar-refractivity contribution in [1.29, 1.82) is 0 Å². The summed E-state index contributed by atoms with van der Waals surface area (Å²) in [4.78, 5) is 38.6. The first kappa shape index (κ1) is 27.9. The van der Waals surface area contributed by atoms with Crippen molar-refractivity contribution in [3.8, 4) is 0 Å². The van der Waals surface area contributed by atoms with Gasteiger partial charge < -0.3 is 10.5 Å². The number of carbonyl (C=O) groups is 3. The number of nitrogens with zero attached hydrogens (tertiary/aromatic N) is 1. The van der Waals surface area contributed by atoms with Crippen molar-refractivity contribution in [2.45, 2.75) is 64.5 Å². The van der Waals surface area contributed by atoms with E-state index < -0.39 is 67.0 Å². The largest absolute Gasteiger partial charge is 0.490 e. The summed E-state index contributed by atoms with van der Waals surface area (Å²) in [5, 5.41) is 2.53. The molecule has 0 radical (unpaired) electrons. The topological polar surface area (TPSA) is 102 Å². The molecule has 0 spiro atoms. The Morgan fingerprint density at radius 1 is 1.24 bits per heavy atom. The fourth-order valence-corrected chi connectivity index (χ4v) is 3.56. The number of hydrogen-bond acceptors (Lipinski definition) is 6. The van der Waals surface area contributed by atoms with Gasteiger partial charge in [-0.3, -0.25) is 19.8 Å². The third-order valence-corrected chi connectivity index (χ3v) is 5.36. The van der Waals surface area contributed by atoms with Gasteiger partial charge in [-0.15, -0.1) is 0 Å². The molecule has 1 aromatic carbocycles. The number of imide groups is 1. The summed E-state index contributed by atoms with van der Waals surface area (Å²) in [6.07, 6.45) is -8.36. The molecule has 190 valence electrons. The number of ether oxygens (including phenoxy) is 1. The van der Waals surface area contributed by atoms with E-state index in [9.17, 15) is 36.3 Å². The van der Waals surface area contributed by atoms with E-state index in [1.165, 1.54) is 39.0 Å². The summed E-state index contributed by atoms with van der Waals surface area (Å²) >= 11 is 6.00. The summed E-state index contributed by atoms with van der Waals surface area (Å²) in [5.74, 6) is -8.25. The minimum atomic E-state index is -5.40. The van der Waals surface area contributed by atoms with Crippen molar-refractivity contribution < 1.29 is 41.1 Å². The molecule has 0 aromatic heterocycles. The summed E-state index contributed by atoms with van der Waals surface area (Å²) < 4.78 is 70.5. The smallest absolute Gasteiger partial charge is 0.445 e. The lowest BCUT2D eigenvalue weighted by Crippen LogP contribution is -2.54. The molecule has 13 heteroatoms. The van der Waals surface area contributed by atoms with Crippen LogP contribution in [-0.4, -0.2) is 53.5 Å². The first-order valence-electron chi connectivity index (χ1n) is 10.2. The predicted molar refractivity (Wildman–Crippen MR) is 112 cm³/mol. The number of esters is 1. The van der Waals surface area contributed by atoms with Crippen molar-refractivity contribution in [2.24, 2.45) is 11.1 Å². The van der Waals surface area contributed by atoms with Crippen LogP contribution in [0.1, 0.15) is 38.3 Å². The molecule has 0 aliphatic carbocycles. The summed E-state index contributed by atoms with van der Waals surface area (Å²) in [7, 11) is 0. The van der Waals surface area contributed by atoms with Gasteiger partial charge in [0, 0.05) is 23.4 Å². The highest BCUT2D eigenvalue weighted by atomic mass is 35.5. The maximum absolute atomic E-state index is 13.7. The number of amides is 2. The second-order valence-corrected chi connectivity index (χ2v) is 9.46. The highest BCUT2D eigenvalue weighted by molar-refractivity contribution is 6.30. The fourth-order valence-electron chi connectivity index (χ4n) is 3.37. The maximum atomic E-state index is 13.7. The molecule has 2 rings (SSSR count). The molecule has 2 amide bonds. The Kier molecular flexibility index (Phi) is 8.32. The van der Waals surface area contributed by atoms with E-state index in [0.717, 1.165) is 0 Å². The zero-order valence-electron chi connectivity index (χ0n) is 18.6. The van der Waals surface area contributed by atoms with Crippen LogP contribution in [-0.2, 0) is 32.2 Å². The third kappa shape index (κ3) is 6.86. The number of nitrogens with one attached hydrogen (secondary N) is 1. The lowest BCUT2D eigenvalue weighted by atomic mass is 9.87. The lowest BCUT2D eigenvalue weighted by Gasteiger charge is -2.34. The van der Waals surface area contributed by atoms with Crippen LogP contribution in [0.4, 0.5) is 22.0 Å². The van der Waals surface area contributed by atoms with Gasteiger partial charge in [-0.1, -0.05) is 38.4 Å². The van der Waals surface area contributed by atoms with E-state index >= 15 is 0 Å². The first-order valence-corrected chi connectivity index (χ1v) is 10.6. The van der Waals surface area contributed by atoms with Crippen molar-refractivity contribution >= 4 is 29.4 Å². The lowest BCUT2D eigenvalue weighted by molar-refractivity contribution is -0.211. The molecule has 1 aromatic rings. The zero-order valence-corrected chi connectivity index (χ0v) is 19.4. The fraction of sp³-hybridized carbons (Fsp3) is 0.571. The van der Waals surface area contributed by atoms with Gasteiger partial charge in [0.2, 0.25) is 5.91 Å². The van der Waals surface area contributed by atoms with E-state index in [0.29, 0.717) is 10.5 Å². The Balaban J connectivity index is 2.50. The van der Waals surface area contributed by atoms with Crippen LogP contribution >= 0.6 is 11.6 Å². The zero-order chi connectivity index (χ0) is 26.1. The Morgan fingerprint density at radius 3 is 2.32 bits per heavy atom. The highest BCUT2D eigenvalue weighted by Gasteiger charge is 2.49. The van der Waals surface area contributed by atoms with E-state index in [1.807, 2.05) is 0 Å². The van der Waals surface area contributed by atoms with Gasteiger partial charge in [-0.2, -0.15) is 13.2 Å². The van der Waals surface area contributed by atoms with Gasteiger partial charge in [0.25, 0.3) is 11.8 Å². The quantitative estimate of drug-likeness (QED) is 0.447. The minimum Gasteiger partial charge on any atom is -0.445 e. The van der Waals surface area contributed by atoms with Gasteiger partial charge in [-0.25, -0.2) is 13.6 Å². The van der Waals surface area contributed by atoms with Crippen molar-refractivity contribution in [3.63, 3.8) is 0 Å². The minimum absolute atomic E-state index is 0.0335. The molecule has 1 heterocycles. The number of benzene rings is 1. The SMILES string of the molecule is CC(C)(C)[C@@H](OC(=O)C(F)(F)F)C(=O)N(Cc1cc(Cl)ccc1CN)C(=O)[C@@H]1CC(F)(F)CN1. The Morgan fingerprint density at radius 2 is 1.85 bits per heavy atom. The molecular formula is C21H25ClF5N3O4. The highest BCUT2D eigenvalue weighted by Crippen LogP contribution is 2.31. The predicted octanol–water partition coefficient (Wildman–Crippen LogP) is 3.17. The van der Waals surface area contributed by atoms with E-state index in [-0.39, 0.29) is 17.1 Å². The number of halogens is 6. The molecule has 1 aliphatic heterocycles. The average Bonchev–Trinajstić information content (AvgIpc) is 3.07.